The predicted molar refractivity (Wildman–Crippen MR) is 63.0 cm³/mol. The summed E-state index contributed by atoms with van der Waals surface area (Å²) in [6.45, 7) is 1.61. The lowest BCUT2D eigenvalue weighted by Crippen LogP contribution is -2.32. The summed E-state index contributed by atoms with van der Waals surface area (Å²) in [6, 6.07) is 10.0. The average Bonchev–Trinajstić information content (AvgIpc) is 2.33. The maximum atomic E-state index is 11.1. The molecule has 4 nitrogen and oxygen atoms in total. The van der Waals surface area contributed by atoms with Gasteiger partial charge < -0.3 is 15.8 Å². The van der Waals surface area contributed by atoms with E-state index in [0.717, 1.165) is 6.42 Å². The van der Waals surface area contributed by atoms with Crippen LogP contribution in [0.25, 0.3) is 0 Å². The van der Waals surface area contributed by atoms with Gasteiger partial charge in [-0.2, -0.15) is 0 Å². The first-order valence-corrected chi connectivity index (χ1v) is 5.41. The number of amides is 1. The van der Waals surface area contributed by atoms with Crippen LogP contribution < -0.4 is 11.1 Å². The van der Waals surface area contributed by atoms with Gasteiger partial charge in [0.25, 0.3) is 0 Å². The van der Waals surface area contributed by atoms with Crippen molar-refractivity contribution in [3.8, 4) is 0 Å². The third-order valence-electron chi connectivity index (χ3n) is 2.08. The van der Waals surface area contributed by atoms with Gasteiger partial charge in [-0.25, -0.2) is 0 Å². The molecular weight excluding hydrogens is 204 g/mol. The Morgan fingerprint density at radius 3 is 2.75 bits per heavy atom. The number of ether oxygens (including phenoxy) is 1. The molecule has 0 saturated carbocycles. The number of benzene rings is 1. The van der Waals surface area contributed by atoms with Crippen LogP contribution in [0.2, 0.25) is 0 Å². The van der Waals surface area contributed by atoms with Gasteiger partial charge in [0.2, 0.25) is 5.91 Å². The molecule has 0 aliphatic rings. The maximum absolute atomic E-state index is 11.1. The molecule has 0 bridgehead atoms. The summed E-state index contributed by atoms with van der Waals surface area (Å²) in [5.74, 6) is -0.112. The second-order valence-corrected chi connectivity index (χ2v) is 3.43. The normalized spacial score (nSPS) is 10.1. The van der Waals surface area contributed by atoms with Crippen LogP contribution >= 0.6 is 0 Å². The van der Waals surface area contributed by atoms with E-state index in [2.05, 4.69) is 5.32 Å². The molecule has 0 saturated heterocycles. The molecular formula is C12H18N2O2. The monoisotopic (exact) mass is 222 g/mol. The summed E-state index contributed by atoms with van der Waals surface area (Å²) >= 11 is 0. The van der Waals surface area contributed by atoms with E-state index in [4.69, 9.17) is 10.5 Å². The van der Waals surface area contributed by atoms with Crippen LogP contribution in [0, 0.1) is 0 Å². The molecule has 0 heterocycles. The van der Waals surface area contributed by atoms with E-state index in [9.17, 15) is 4.79 Å². The van der Waals surface area contributed by atoms with E-state index in [0.29, 0.717) is 19.7 Å². The van der Waals surface area contributed by atoms with Crippen LogP contribution in [0.3, 0.4) is 0 Å². The van der Waals surface area contributed by atoms with Gasteiger partial charge in [0.1, 0.15) is 6.61 Å². The largest absolute Gasteiger partial charge is 0.371 e. The van der Waals surface area contributed by atoms with Crippen LogP contribution in [0.4, 0.5) is 0 Å². The lowest BCUT2D eigenvalue weighted by molar-refractivity contribution is -0.125. The Labute approximate surface area is 95.8 Å². The second-order valence-electron chi connectivity index (χ2n) is 3.43. The predicted octanol–water partition coefficient (Wildman–Crippen LogP) is 0.321. The summed E-state index contributed by atoms with van der Waals surface area (Å²) in [4.78, 5) is 11.1. The van der Waals surface area contributed by atoms with E-state index in [1.54, 1.807) is 0 Å². The highest BCUT2D eigenvalue weighted by Gasteiger charge is 1.99. The van der Waals surface area contributed by atoms with Crippen molar-refractivity contribution in [2.45, 2.75) is 6.42 Å². The second kappa shape index (κ2) is 7.84. The Morgan fingerprint density at radius 2 is 2.06 bits per heavy atom. The first-order chi connectivity index (χ1) is 7.83. The van der Waals surface area contributed by atoms with Gasteiger partial charge in [-0.1, -0.05) is 30.3 Å². The minimum atomic E-state index is -0.112. The minimum Gasteiger partial charge on any atom is -0.371 e. The third kappa shape index (κ3) is 5.48. The molecule has 0 unspecified atom stereocenters. The van der Waals surface area contributed by atoms with Crippen LogP contribution in [-0.2, 0) is 16.0 Å². The van der Waals surface area contributed by atoms with Crippen molar-refractivity contribution < 1.29 is 9.53 Å². The molecule has 0 aliphatic heterocycles. The van der Waals surface area contributed by atoms with Gasteiger partial charge in [-0.15, -0.1) is 0 Å². The van der Waals surface area contributed by atoms with E-state index in [1.165, 1.54) is 5.56 Å². The average molecular weight is 222 g/mol. The van der Waals surface area contributed by atoms with E-state index >= 15 is 0 Å². The maximum Gasteiger partial charge on any atom is 0.246 e. The summed E-state index contributed by atoms with van der Waals surface area (Å²) in [7, 11) is 0. The summed E-state index contributed by atoms with van der Waals surface area (Å²) in [5.41, 5.74) is 6.46. The highest BCUT2D eigenvalue weighted by molar-refractivity contribution is 5.77. The smallest absolute Gasteiger partial charge is 0.246 e. The van der Waals surface area contributed by atoms with Crippen molar-refractivity contribution in [2.24, 2.45) is 5.73 Å². The van der Waals surface area contributed by atoms with Gasteiger partial charge in [-0.3, -0.25) is 4.79 Å². The highest BCUT2D eigenvalue weighted by Crippen LogP contribution is 1.99. The first-order valence-electron chi connectivity index (χ1n) is 5.41. The molecule has 1 aromatic carbocycles. The Balaban J connectivity index is 2.06. The quantitative estimate of drug-likeness (QED) is 0.653. The molecule has 0 atom stereocenters. The topological polar surface area (TPSA) is 64.3 Å². The zero-order valence-electron chi connectivity index (χ0n) is 9.32. The number of carbonyl (C=O) groups excluding carboxylic acids is 1. The van der Waals surface area contributed by atoms with E-state index < -0.39 is 0 Å². The highest BCUT2D eigenvalue weighted by atomic mass is 16.5. The van der Waals surface area contributed by atoms with Gasteiger partial charge in [0.15, 0.2) is 0 Å². The molecule has 0 radical (unpaired) electrons. The van der Waals surface area contributed by atoms with Gasteiger partial charge in [0, 0.05) is 13.1 Å². The fraction of sp³-hybridized carbons (Fsp3) is 0.417. The number of nitrogens with two attached hydrogens (primary N) is 1. The standard InChI is InChI=1S/C12H18N2O2/c13-7-8-14-12(15)10-16-9-6-11-4-2-1-3-5-11/h1-5H,6-10,13H2,(H,14,15). The lowest BCUT2D eigenvalue weighted by Gasteiger charge is -2.05. The Kier molecular flexibility index (Phi) is 6.22. The number of hydrogen-bond acceptors (Lipinski definition) is 3. The zero-order valence-corrected chi connectivity index (χ0v) is 9.32. The lowest BCUT2D eigenvalue weighted by atomic mass is 10.2. The van der Waals surface area contributed by atoms with Crippen LogP contribution in [0.1, 0.15) is 5.56 Å². The van der Waals surface area contributed by atoms with E-state index in [-0.39, 0.29) is 12.5 Å². The van der Waals surface area contributed by atoms with Crippen LogP contribution in [0.5, 0.6) is 0 Å². The summed E-state index contributed by atoms with van der Waals surface area (Å²) in [6.07, 6.45) is 0.824. The van der Waals surface area contributed by atoms with Crippen LogP contribution in [-0.4, -0.2) is 32.2 Å². The molecule has 88 valence electrons. The summed E-state index contributed by atoms with van der Waals surface area (Å²) in [5, 5.41) is 2.64. The molecule has 4 heteroatoms. The molecule has 3 N–H and O–H groups in total. The Hall–Kier alpha value is -1.39. The molecule has 1 rings (SSSR count). The van der Waals surface area contributed by atoms with Crippen molar-refractivity contribution in [1.82, 2.24) is 5.32 Å². The minimum absolute atomic E-state index is 0.104. The molecule has 0 aliphatic carbocycles. The molecule has 0 spiro atoms. The Bertz CT molecular complexity index is 301. The van der Waals surface area contributed by atoms with Gasteiger partial charge >= 0.3 is 0 Å². The molecule has 1 aromatic rings. The number of rotatable bonds is 7. The fourth-order valence-corrected chi connectivity index (χ4v) is 1.26. The van der Waals surface area contributed by atoms with Gasteiger partial charge in [-0.05, 0) is 12.0 Å². The molecule has 0 aromatic heterocycles. The summed E-state index contributed by atoms with van der Waals surface area (Å²) < 4.78 is 5.24. The first kappa shape index (κ1) is 12.7. The fourth-order valence-electron chi connectivity index (χ4n) is 1.26. The molecule has 0 fully saturated rings. The number of nitrogens with one attached hydrogen (secondary N) is 1. The third-order valence-corrected chi connectivity index (χ3v) is 2.08. The van der Waals surface area contributed by atoms with Crippen molar-refractivity contribution >= 4 is 5.91 Å². The van der Waals surface area contributed by atoms with E-state index in [1.807, 2.05) is 30.3 Å². The molecule has 1 amide bonds. The zero-order chi connectivity index (χ0) is 11.6. The van der Waals surface area contributed by atoms with Crippen molar-refractivity contribution in [3.05, 3.63) is 35.9 Å². The Morgan fingerprint density at radius 1 is 1.31 bits per heavy atom. The number of hydrogen-bond donors (Lipinski definition) is 2. The van der Waals surface area contributed by atoms with Crippen molar-refractivity contribution in [3.63, 3.8) is 0 Å². The SMILES string of the molecule is NCCNC(=O)COCCc1ccccc1. The van der Waals surface area contributed by atoms with Crippen molar-refractivity contribution in [1.29, 1.82) is 0 Å². The van der Waals surface area contributed by atoms with Crippen LogP contribution in [0.15, 0.2) is 30.3 Å². The molecule has 16 heavy (non-hydrogen) atoms. The van der Waals surface area contributed by atoms with Gasteiger partial charge in [0.05, 0.1) is 6.61 Å². The van der Waals surface area contributed by atoms with Crippen molar-refractivity contribution in [2.75, 3.05) is 26.3 Å². The number of carbonyl (C=O) groups is 1.